The van der Waals surface area contributed by atoms with Crippen LogP contribution < -0.4 is 16.0 Å². The van der Waals surface area contributed by atoms with Gasteiger partial charge in [-0.1, -0.05) is 12.1 Å². The molecule has 118 valence electrons. The van der Waals surface area contributed by atoms with E-state index in [0.29, 0.717) is 11.3 Å². The van der Waals surface area contributed by atoms with E-state index in [4.69, 9.17) is 0 Å². The van der Waals surface area contributed by atoms with Crippen LogP contribution in [-0.2, 0) is 4.79 Å². The number of carbonyl (C=O) groups is 3. The van der Waals surface area contributed by atoms with Crippen LogP contribution >= 0.6 is 0 Å². The number of nitrogens with one attached hydrogen (secondary N) is 3. The van der Waals surface area contributed by atoms with Crippen molar-refractivity contribution < 1.29 is 14.4 Å². The predicted molar refractivity (Wildman–Crippen MR) is 82.4 cm³/mol. The highest BCUT2D eigenvalue weighted by Crippen LogP contribution is 2.22. The van der Waals surface area contributed by atoms with E-state index in [1.54, 1.807) is 24.3 Å². The zero-order chi connectivity index (χ0) is 16.5. The molecule has 1 saturated heterocycles. The van der Waals surface area contributed by atoms with E-state index >= 15 is 0 Å². The molecule has 1 aliphatic heterocycles. The Morgan fingerprint density at radius 3 is 2.23 bits per heavy atom. The standard InChI is InChI=1S/C15H20N4O3/c1-15(2,3)18-13(21)16-10-7-5-9(6-8-10)11-12(20)19(4)14(22)17-11/h5-8,11H,1-4H3,(H,17,22)(H2,16,18,21). The van der Waals surface area contributed by atoms with Crippen molar-refractivity contribution >= 4 is 23.7 Å². The van der Waals surface area contributed by atoms with E-state index in [0.717, 1.165) is 4.90 Å². The van der Waals surface area contributed by atoms with Gasteiger partial charge in [-0.2, -0.15) is 0 Å². The summed E-state index contributed by atoms with van der Waals surface area (Å²) in [5.41, 5.74) is 0.954. The zero-order valence-corrected chi connectivity index (χ0v) is 13.1. The second-order valence-corrected chi connectivity index (χ2v) is 6.23. The van der Waals surface area contributed by atoms with E-state index in [9.17, 15) is 14.4 Å². The SMILES string of the molecule is CN1C(=O)NC(c2ccc(NC(=O)NC(C)(C)C)cc2)C1=O. The van der Waals surface area contributed by atoms with Crippen molar-refractivity contribution in [2.24, 2.45) is 0 Å². The smallest absolute Gasteiger partial charge is 0.324 e. The number of hydrogen-bond acceptors (Lipinski definition) is 3. The molecular formula is C15H20N4O3. The Bertz CT molecular complexity index is 604. The molecule has 2 rings (SSSR count). The molecule has 0 aliphatic carbocycles. The fraction of sp³-hybridized carbons (Fsp3) is 0.400. The largest absolute Gasteiger partial charge is 0.333 e. The normalized spacial score (nSPS) is 18.2. The number of imide groups is 1. The Morgan fingerprint density at radius 2 is 1.77 bits per heavy atom. The summed E-state index contributed by atoms with van der Waals surface area (Å²) in [5, 5.41) is 8.10. The Kier molecular flexibility index (Phi) is 4.07. The molecule has 7 heteroatoms. The van der Waals surface area contributed by atoms with E-state index in [1.165, 1.54) is 7.05 Å². The average Bonchev–Trinajstić information content (AvgIpc) is 2.65. The van der Waals surface area contributed by atoms with E-state index in [2.05, 4.69) is 16.0 Å². The second-order valence-electron chi connectivity index (χ2n) is 6.23. The first-order valence-corrected chi connectivity index (χ1v) is 6.94. The van der Waals surface area contributed by atoms with Crippen molar-refractivity contribution in [2.75, 3.05) is 12.4 Å². The molecule has 0 spiro atoms. The Labute approximate surface area is 129 Å². The van der Waals surface area contributed by atoms with Gasteiger partial charge in [-0.15, -0.1) is 0 Å². The molecule has 22 heavy (non-hydrogen) atoms. The van der Waals surface area contributed by atoms with E-state index < -0.39 is 12.1 Å². The monoisotopic (exact) mass is 304 g/mol. The van der Waals surface area contributed by atoms with Crippen molar-refractivity contribution in [3.63, 3.8) is 0 Å². The number of amides is 5. The molecule has 1 atom stereocenters. The summed E-state index contributed by atoms with van der Waals surface area (Å²) in [6.07, 6.45) is 0. The van der Waals surface area contributed by atoms with Crippen LogP contribution in [-0.4, -0.2) is 35.5 Å². The van der Waals surface area contributed by atoms with Gasteiger partial charge in [0.2, 0.25) is 0 Å². The van der Waals surface area contributed by atoms with Gasteiger partial charge in [-0.25, -0.2) is 9.59 Å². The zero-order valence-electron chi connectivity index (χ0n) is 13.1. The van der Waals surface area contributed by atoms with Crippen LogP contribution in [0.5, 0.6) is 0 Å². The maximum absolute atomic E-state index is 11.9. The second kappa shape index (κ2) is 5.67. The fourth-order valence-electron chi connectivity index (χ4n) is 2.06. The molecule has 1 heterocycles. The van der Waals surface area contributed by atoms with Gasteiger partial charge in [0, 0.05) is 18.3 Å². The molecule has 1 aromatic rings. The summed E-state index contributed by atoms with van der Waals surface area (Å²) in [5.74, 6) is -0.295. The van der Waals surface area contributed by atoms with Gasteiger partial charge in [0.1, 0.15) is 6.04 Å². The van der Waals surface area contributed by atoms with Crippen LogP contribution in [0.1, 0.15) is 32.4 Å². The van der Waals surface area contributed by atoms with Crippen LogP contribution in [0, 0.1) is 0 Å². The summed E-state index contributed by atoms with van der Waals surface area (Å²) >= 11 is 0. The van der Waals surface area contributed by atoms with Crippen LogP contribution in [0.2, 0.25) is 0 Å². The van der Waals surface area contributed by atoms with Crippen LogP contribution in [0.3, 0.4) is 0 Å². The van der Waals surface area contributed by atoms with Gasteiger partial charge in [0.15, 0.2) is 0 Å². The minimum atomic E-state index is -0.671. The van der Waals surface area contributed by atoms with Crippen molar-refractivity contribution in [1.29, 1.82) is 0 Å². The summed E-state index contributed by atoms with van der Waals surface area (Å²) in [6, 6.07) is 5.40. The van der Waals surface area contributed by atoms with Crippen LogP contribution in [0.25, 0.3) is 0 Å². The minimum Gasteiger partial charge on any atom is -0.333 e. The van der Waals surface area contributed by atoms with Gasteiger partial charge in [0.05, 0.1) is 0 Å². The summed E-state index contributed by atoms with van der Waals surface area (Å²) in [7, 11) is 1.43. The van der Waals surface area contributed by atoms with Crippen LogP contribution in [0.4, 0.5) is 15.3 Å². The molecule has 3 N–H and O–H groups in total. The quantitative estimate of drug-likeness (QED) is 0.728. The third kappa shape index (κ3) is 3.55. The molecule has 0 saturated carbocycles. The van der Waals surface area contributed by atoms with Crippen LogP contribution in [0.15, 0.2) is 24.3 Å². The maximum atomic E-state index is 11.9. The number of hydrogen-bond donors (Lipinski definition) is 3. The number of carbonyl (C=O) groups excluding carboxylic acids is 3. The molecule has 0 bridgehead atoms. The highest BCUT2D eigenvalue weighted by Gasteiger charge is 2.36. The van der Waals surface area contributed by atoms with Crippen molar-refractivity contribution in [1.82, 2.24) is 15.5 Å². The molecule has 1 aliphatic rings. The van der Waals surface area contributed by atoms with Crippen molar-refractivity contribution in [2.45, 2.75) is 32.4 Å². The lowest BCUT2D eigenvalue weighted by Gasteiger charge is -2.20. The van der Waals surface area contributed by atoms with Gasteiger partial charge in [-0.05, 0) is 38.5 Å². The predicted octanol–water partition coefficient (Wildman–Crippen LogP) is 1.83. The molecular weight excluding hydrogens is 284 g/mol. The number of likely N-dealkylation sites (N-methyl/N-ethyl adjacent to an activating group) is 1. The van der Waals surface area contributed by atoms with Crippen molar-refractivity contribution in [3.8, 4) is 0 Å². The van der Waals surface area contributed by atoms with E-state index in [-0.39, 0.29) is 17.5 Å². The maximum Gasteiger partial charge on any atom is 0.324 e. The molecule has 7 nitrogen and oxygen atoms in total. The Balaban J connectivity index is 2.04. The third-order valence-corrected chi connectivity index (χ3v) is 3.14. The molecule has 1 unspecified atom stereocenters. The average molecular weight is 304 g/mol. The Morgan fingerprint density at radius 1 is 1.18 bits per heavy atom. The highest BCUT2D eigenvalue weighted by atomic mass is 16.2. The van der Waals surface area contributed by atoms with Gasteiger partial charge in [0.25, 0.3) is 5.91 Å². The lowest BCUT2D eigenvalue weighted by atomic mass is 10.1. The Hall–Kier alpha value is -2.57. The lowest BCUT2D eigenvalue weighted by Crippen LogP contribution is -2.43. The summed E-state index contributed by atoms with van der Waals surface area (Å²) in [4.78, 5) is 36.2. The number of benzene rings is 1. The fourth-order valence-corrected chi connectivity index (χ4v) is 2.06. The molecule has 1 fully saturated rings. The molecule has 0 radical (unpaired) electrons. The van der Waals surface area contributed by atoms with E-state index in [1.807, 2.05) is 20.8 Å². The summed E-state index contributed by atoms with van der Waals surface area (Å²) in [6.45, 7) is 5.67. The minimum absolute atomic E-state index is 0.295. The number of anilines is 1. The number of urea groups is 2. The van der Waals surface area contributed by atoms with Crippen molar-refractivity contribution in [3.05, 3.63) is 29.8 Å². The molecule has 0 aromatic heterocycles. The first-order chi connectivity index (χ1) is 10.2. The molecule has 5 amide bonds. The summed E-state index contributed by atoms with van der Waals surface area (Å²) < 4.78 is 0. The number of rotatable bonds is 2. The molecule has 1 aromatic carbocycles. The first-order valence-electron chi connectivity index (χ1n) is 6.94. The van der Waals surface area contributed by atoms with Gasteiger partial charge < -0.3 is 16.0 Å². The van der Waals surface area contributed by atoms with Gasteiger partial charge >= 0.3 is 12.1 Å². The number of nitrogens with zero attached hydrogens (tertiary/aromatic N) is 1. The lowest BCUT2D eigenvalue weighted by molar-refractivity contribution is -0.126. The highest BCUT2D eigenvalue weighted by molar-refractivity contribution is 6.04. The van der Waals surface area contributed by atoms with Gasteiger partial charge in [-0.3, -0.25) is 9.69 Å². The third-order valence-electron chi connectivity index (χ3n) is 3.14. The topological polar surface area (TPSA) is 90.5 Å². The first kappa shape index (κ1) is 15.8.